The van der Waals surface area contributed by atoms with Crippen molar-refractivity contribution in [2.75, 3.05) is 51.8 Å². The van der Waals surface area contributed by atoms with E-state index in [4.69, 9.17) is 16.3 Å². The monoisotopic (exact) mass is 388 g/mol. The number of piperazine rings is 1. The Morgan fingerprint density at radius 3 is 2.56 bits per heavy atom. The van der Waals surface area contributed by atoms with Crippen LogP contribution < -0.4 is 14.5 Å². The summed E-state index contributed by atoms with van der Waals surface area (Å²) >= 11 is 6.29. The van der Waals surface area contributed by atoms with Crippen molar-refractivity contribution in [2.24, 2.45) is 0 Å². The summed E-state index contributed by atoms with van der Waals surface area (Å²) in [6, 6.07) is 15.9. The summed E-state index contributed by atoms with van der Waals surface area (Å²) in [6.07, 6.45) is 0. The molecular formula is C21H27ClN3O2+. The Morgan fingerprint density at radius 1 is 1.11 bits per heavy atom. The summed E-state index contributed by atoms with van der Waals surface area (Å²) in [6.45, 7) is 4.37. The minimum atomic E-state index is 0.203. The van der Waals surface area contributed by atoms with Gasteiger partial charge in [0.1, 0.15) is 12.3 Å². The number of methoxy groups -OCH3 is 1. The fourth-order valence-corrected chi connectivity index (χ4v) is 3.72. The fourth-order valence-electron chi connectivity index (χ4n) is 3.47. The Morgan fingerprint density at radius 2 is 1.85 bits per heavy atom. The number of anilines is 1. The summed E-state index contributed by atoms with van der Waals surface area (Å²) in [5.41, 5.74) is 2.22. The lowest BCUT2D eigenvalue weighted by molar-refractivity contribution is -0.885. The summed E-state index contributed by atoms with van der Waals surface area (Å²) in [5, 5.41) is 0.764. The van der Waals surface area contributed by atoms with Gasteiger partial charge in [0.05, 0.1) is 24.9 Å². The molecule has 1 atom stereocenters. The van der Waals surface area contributed by atoms with E-state index in [1.54, 1.807) is 7.11 Å². The predicted octanol–water partition coefficient (Wildman–Crippen LogP) is 1.71. The van der Waals surface area contributed by atoms with Crippen LogP contribution in [0.4, 0.5) is 5.69 Å². The van der Waals surface area contributed by atoms with Gasteiger partial charge in [-0.15, -0.1) is 0 Å². The Balaban J connectivity index is 1.49. The fraction of sp³-hybridized carbons (Fsp3) is 0.381. The van der Waals surface area contributed by atoms with Gasteiger partial charge in [0.2, 0.25) is 0 Å². The molecule has 2 aromatic rings. The van der Waals surface area contributed by atoms with E-state index in [0.717, 1.165) is 49.2 Å². The highest BCUT2D eigenvalue weighted by Crippen LogP contribution is 2.25. The molecule has 2 aromatic carbocycles. The molecule has 1 heterocycles. The number of carbonyl (C=O) groups excluding carboxylic acids is 1. The Bertz CT molecular complexity index is 776. The smallest absolute Gasteiger partial charge is 0.277 e. The molecule has 3 rings (SSSR count). The van der Waals surface area contributed by atoms with Crippen LogP contribution in [0.15, 0.2) is 48.5 Å². The molecule has 1 saturated heterocycles. The van der Waals surface area contributed by atoms with E-state index in [1.165, 1.54) is 10.5 Å². The zero-order valence-corrected chi connectivity index (χ0v) is 16.7. The van der Waals surface area contributed by atoms with Gasteiger partial charge in [0.15, 0.2) is 6.54 Å². The molecular weight excluding hydrogens is 362 g/mol. The quantitative estimate of drug-likeness (QED) is 0.818. The number of halogens is 1. The van der Waals surface area contributed by atoms with Gasteiger partial charge in [0, 0.05) is 31.7 Å². The molecule has 0 aliphatic carbocycles. The molecule has 1 amide bonds. The van der Waals surface area contributed by atoms with Crippen molar-refractivity contribution < 1.29 is 14.4 Å². The third kappa shape index (κ3) is 5.15. The number of rotatable bonds is 6. The Hall–Kier alpha value is -2.24. The van der Waals surface area contributed by atoms with Crippen molar-refractivity contribution in [1.82, 2.24) is 4.90 Å². The molecule has 0 spiro atoms. The van der Waals surface area contributed by atoms with Crippen LogP contribution in [0.2, 0.25) is 5.02 Å². The van der Waals surface area contributed by atoms with Gasteiger partial charge >= 0.3 is 0 Å². The Labute approximate surface area is 166 Å². The minimum absolute atomic E-state index is 0.203. The number of nitrogens with zero attached hydrogens (tertiary/aromatic N) is 2. The first-order valence-electron chi connectivity index (χ1n) is 9.28. The maximum atomic E-state index is 12.7. The molecule has 1 aliphatic heterocycles. The maximum absolute atomic E-state index is 12.7. The van der Waals surface area contributed by atoms with E-state index >= 15 is 0 Å². The zero-order chi connectivity index (χ0) is 19.2. The molecule has 0 bridgehead atoms. The highest BCUT2D eigenvalue weighted by Gasteiger charge is 2.24. The SMILES string of the molecule is COc1cccc(C[NH+](C)CC(=O)N2CCN(c3ccccc3Cl)CC2)c1. The number of hydrogen-bond acceptors (Lipinski definition) is 3. The summed E-state index contributed by atoms with van der Waals surface area (Å²) in [4.78, 5) is 18.0. The average Bonchev–Trinajstić information content (AvgIpc) is 2.68. The topological polar surface area (TPSA) is 37.2 Å². The minimum Gasteiger partial charge on any atom is -0.497 e. The molecule has 6 heteroatoms. The van der Waals surface area contributed by atoms with E-state index in [2.05, 4.69) is 18.0 Å². The molecule has 1 unspecified atom stereocenters. The number of nitrogens with one attached hydrogen (secondary N) is 1. The van der Waals surface area contributed by atoms with Gasteiger partial charge in [-0.05, 0) is 24.3 Å². The molecule has 144 valence electrons. The van der Waals surface area contributed by atoms with Crippen molar-refractivity contribution in [3.63, 3.8) is 0 Å². The lowest BCUT2D eigenvalue weighted by atomic mass is 10.2. The van der Waals surface area contributed by atoms with E-state index in [1.807, 2.05) is 47.4 Å². The normalized spacial score (nSPS) is 15.5. The average molecular weight is 389 g/mol. The van der Waals surface area contributed by atoms with E-state index < -0.39 is 0 Å². The largest absolute Gasteiger partial charge is 0.497 e. The Kier molecular flexibility index (Phi) is 6.58. The van der Waals surface area contributed by atoms with Gasteiger partial charge in [-0.1, -0.05) is 35.9 Å². The summed E-state index contributed by atoms with van der Waals surface area (Å²) in [5.74, 6) is 1.05. The standard InChI is InChI=1S/C21H26ClN3O2/c1-23(15-17-6-5-7-18(14-17)27-2)16-21(26)25-12-10-24(11-13-25)20-9-4-3-8-19(20)22/h3-9,14H,10-13,15-16H2,1-2H3/p+1. The lowest BCUT2D eigenvalue weighted by Gasteiger charge is -2.36. The predicted molar refractivity (Wildman–Crippen MR) is 109 cm³/mol. The van der Waals surface area contributed by atoms with Crippen LogP contribution in [-0.2, 0) is 11.3 Å². The molecule has 5 nitrogen and oxygen atoms in total. The number of ether oxygens (including phenoxy) is 1. The van der Waals surface area contributed by atoms with Gasteiger partial charge in [-0.3, -0.25) is 4.79 Å². The van der Waals surface area contributed by atoms with E-state index in [9.17, 15) is 4.79 Å². The van der Waals surface area contributed by atoms with Crippen molar-refractivity contribution in [1.29, 1.82) is 0 Å². The molecule has 0 saturated carbocycles. The van der Waals surface area contributed by atoms with Gasteiger partial charge in [0.25, 0.3) is 5.91 Å². The van der Waals surface area contributed by atoms with Crippen molar-refractivity contribution >= 4 is 23.2 Å². The van der Waals surface area contributed by atoms with Crippen LogP contribution in [-0.4, -0.2) is 57.7 Å². The first kappa shape index (κ1) is 19.5. The third-order valence-electron chi connectivity index (χ3n) is 4.92. The second kappa shape index (κ2) is 9.11. The lowest BCUT2D eigenvalue weighted by Crippen LogP contribution is -3.09. The third-order valence-corrected chi connectivity index (χ3v) is 5.24. The second-order valence-electron chi connectivity index (χ2n) is 6.98. The molecule has 0 aromatic heterocycles. The highest BCUT2D eigenvalue weighted by molar-refractivity contribution is 6.33. The highest BCUT2D eigenvalue weighted by atomic mass is 35.5. The van der Waals surface area contributed by atoms with Gasteiger partial charge in [-0.25, -0.2) is 0 Å². The van der Waals surface area contributed by atoms with Gasteiger partial charge in [-0.2, -0.15) is 0 Å². The summed E-state index contributed by atoms with van der Waals surface area (Å²) < 4.78 is 5.27. The van der Waals surface area contributed by atoms with Crippen LogP contribution in [0.3, 0.4) is 0 Å². The van der Waals surface area contributed by atoms with Crippen LogP contribution in [0, 0.1) is 0 Å². The molecule has 1 N–H and O–H groups in total. The zero-order valence-electron chi connectivity index (χ0n) is 16.0. The van der Waals surface area contributed by atoms with Gasteiger partial charge < -0.3 is 19.4 Å². The molecule has 1 aliphatic rings. The number of likely N-dealkylation sites (N-methyl/N-ethyl adjacent to an activating group) is 1. The van der Waals surface area contributed by atoms with E-state index in [0.29, 0.717) is 6.54 Å². The number of benzene rings is 2. The number of para-hydroxylation sites is 1. The number of quaternary nitrogens is 1. The van der Waals surface area contributed by atoms with E-state index in [-0.39, 0.29) is 5.91 Å². The van der Waals surface area contributed by atoms with Crippen LogP contribution >= 0.6 is 11.6 Å². The first-order chi connectivity index (χ1) is 13.1. The van der Waals surface area contributed by atoms with Crippen LogP contribution in [0.5, 0.6) is 5.75 Å². The van der Waals surface area contributed by atoms with Crippen LogP contribution in [0.25, 0.3) is 0 Å². The summed E-state index contributed by atoms with van der Waals surface area (Å²) in [7, 11) is 3.72. The molecule has 1 fully saturated rings. The molecule has 27 heavy (non-hydrogen) atoms. The van der Waals surface area contributed by atoms with Crippen molar-refractivity contribution in [2.45, 2.75) is 6.54 Å². The van der Waals surface area contributed by atoms with Crippen molar-refractivity contribution in [3.8, 4) is 5.75 Å². The van der Waals surface area contributed by atoms with Crippen molar-refractivity contribution in [3.05, 3.63) is 59.1 Å². The number of amides is 1. The van der Waals surface area contributed by atoms with Crippen LogP contribution in [0.1, 0.15) is 5.56 Å². The maximum Gasteiger partial charge on any atom is 0.277 e. The number of carbonyl (C=O) groups is 1. The first-order valence-corrected chi connectivity index (χ1v) is 9.66. The second-order valence-corrected chi connectivity index (χ2v) is 7.39. The molecule has 0 radical (unpaired) electrons. The number of hydrogen-bond donors (Lipinski definition) is 1.